The number of imidazole rings is 1. The minimum Gasteiger partial charge on any atom is -0.382 e. The number of carbonyl (C=O) groups is 1. The summed E-state index contributed by atoms with van der Waals surface area (Å²) in [5, 5.41) is 0.127. The van der Waals surface area contributed by atoms with Crippen LogP contribution < -0.4 is 5.73 Å². The van der Waals surface area contributed by atoms with Gasteiger partial charge in [0.25, 0.3) is 5.91 Å². The molecule has 0 saturated heterocycles. The third-order valence-corrected chi connectivity index (χ3v) is 7.74. The molecule has 2 N–H and O–H groups in total. The standard InChI is InChI=1S/C22H19ClF5N5OS/c1-2-32(18-6-3-12-7-13(4-5-14(12)18)35(24,25,26,27)28)22(34)15-8-19-17(9-16(15)23)31-21(29)20-10-30-11-33(19)20/h4-5,7-11,18H,2-3,6H2,1H3,(H2,29,31)/t18-/m1/s1. The van der Waals surface area contributed by atoms with Crippen molar-refractivity contribution in [2.24, 2.45) is 0 Å². The van der Waals surface area contributed by atoms with Gasteiger partial charge in [-0.2, -0.15) is 0 Å². The van der Waals surface area contributed by atoms with E-state index in [0.717, 1.165) is 6.07 Å². The highest BCUT2D eigenvalue weighted by Crippen LogP contribution is 3.02. The summed E-state index contributed by atoms with van der Waals surface area (Å²) in [6.07, 6.45) is 3.49. The Bertz CT molecular complexity index is 1540. The van der Waals surface area contributed by atoms with Gasteiger partial charge in [-0.3, -0.25) is 9.20 Å². The summed E-state index contributed by atoms with van der Waals surface area (Å²) in [7, 11) is -9.80. The fraction of sp³-hybridized carbons (Fsp3) is 0.227. The van der Waals surface area contributed by atoms with E-state index in [2.05, 4.69) is 9.97 Å². The minimum absolute atomic E-state index is 0.127. The Kier molecular flexibility index (Phi) is 4.70. The summed E-state index contributed by atoms with van der Waals surface area (Å²) >= 11 is 6.43. The first kappa shape index (κ1) is 23.6. The Hall–Kier alpha value is -3.12. The zero-order chi connectivity index (χ0) is 25.4. The Balaban J connectivity index is 1.55. The number of halogens is 6. The number of hydrogen-bond donors (Lipinski definition) is 1. The summed E-state index contributed by atoms with van der Waals surface area (Å²) < 4.78 is 68.0. The van der Waals surface area contributed by atoms with Crippen molar-refractivity contribution in [1.29, 1.82) is 0 Å². The first-order chi connectivity index (χ1) is 16.2. The van der Waals surface area contributed by atoms with Gasteiger partial charge in [-0.25, -0.2) is 9.97 Å². The number of nitrogens with two attached hydrogens (primary N) is 1. The summed E-state index contributed by atoms with van der Waals surface area (Å²) in [6, 6.07) is 4.43. The van der Waals surface area contributed by atoms with Crippen LogP contribution in [0.2, 0.25) is 5.02 Å². The number of rotatable bonds is 4. The highest BCUT2D eigenvalue weighted by atomic mass is 35.5. The van der Waals surface area contributed by atoms with E-state index >= 15 is 0 Å². The lowest BCUT2D eigenvalue weighted by Gasteiger charge is -2.40. The van der Waals surface area contributed by atoms with Crippen molar-refractivity contribution in [3.05, 3.63) is 64.6 Å². The topological polar surface area (TPSA) is 76.5 Å². The van der Waals surface area contributed by atoms with Crippen LogP contribution in [0.1, 0.15) is 40.9 Å². The molecule has 0 saturated carbocycles. The van der Waals surface area contributed by atoms with Gasteiger partial charge < -0.3 is 10.6 Å². The lowest BCUT2D eigenvalue weighted by Crippen LogP contribution is -2.34. The lowest BCUT2D eigenvalue weighted by atomic mass is 10.0. The minimum atomic E-state index is -9.80. The summed E-state index contributed by atoms with van der Waals surface area (Å²) in [5.41, 5.74) is 8.23. The molecule has 1 aliphatic rings. The van der Waals surface area contributed by atoms with E-state index in [1.807, 2.05) is 0 Å². The second-order valence-electron chi connectivity index (χ2n) is 8.44. The van der Waals surface area contributed by atoms with E-state index in [-0.39, 0.29) is 34.9 Å². The third-order valence-electron chi connectivity index (χ3n) is 6.28. The molecule has 0 aliphatic heterocycles. The van der Waals surface area contributed by atoms with Crippen LogP contribution in [0.25, 0.3) is 16.6 Å². The quantitative estimate of drug-likeness (QED) is 0.290. The largest absolute Gasteiger partial charge is 0.382 e. The van der Waals surface area contributed by atoms with Crippen molar-refractivity contribution >= 4 is 50.1 Å². The SMILES string of the molecule is CCN(C(=O)c1cc2c(cc1Cl)nc(N)c1cncn12)[C@@H]1CCc2cc(S(F)(F)(F)(F)F)ccc21. The highest BCUT2D eigenvalue weighted by molar-refractivity contribution is 8.45. The average Bonchev–Trinajstić information content (AvgIpc) is 3.40. The summed E-state index contributed by atoms with van der Waals surface area (Å²) in [4.78, 5) is 21.5. The van der Waals surface area contributed by atoms with E-state index in [1.165, 1.54) is 23.5 Å². The molecular weight excluding hydrogens is 513 g/mol. The molecule has 1 amide bonds. The maximum atomic E-state index is 13.6. The molecule has 186 valence electrons. The number of amides is 1. The molecule has 2 heterocycles. The number of aryl methyl sites for hydroxylation is 1. The number of nitrogen functional groups attached to an aromatic ring is 1. The van der Waals surface area contributed by atoms with E-state index in [4.69, 9.17) is 17.3 Å². The first-order valence-corrected chi connectivity index (χ1v) is 12.9. The molecule has 0 spiro atoms. The van der Waals surface area contributed by atoms with Gasteiger partial charge in [0.05, 0.1) is 40.2 Å². The number of nitrogens with zero attached hydrogens (tertiary/aromatic N) is 4. The van der Waals surface area contributed by atoms with Crippen LogP contribution in [0, 0.1) is 0 Å². The van der Waals surface area contributed by atoms with Gasteiger partial charge >= 0.3 is 10.2 Å². The number of hydrogen-bond acceptors (Lipinski definition) is 4. The van der Waals surface area contributed by atoms with E-state index in [0.29, 0.717) is 40.7 Å². The van der Waals surface area contributed by atoms with Crippen molar-refractivity contribution in [3.63, 3.8) is 0 Å². The Labute approximate surface area is 201 Å². The zero-order valence-electron chi connectivity index (χ0n) is 18.2. The normalized spacial score (nSPS) is 17.9. The smallest absolute Gasteiger partial charge is 0.310 e. The predicted molar refractivity (Wildman–Crippen MR) is 126 cm³/mol. The zero-order valence-corrected chi connectivity index (χ0v) is 19.8. The van der Waals surface area contributed by atoms with Gasteiger partial charge in [0.15, 0.2) is 0 Å². The van der Waals surface area contributed by atoms with Gasteiger partial charge in [-0.15, -0.1) is 0 Å². The molecule has 1 aliphatic carbocycles. The Morgan fingerprint density at radius 2 is 1.94 bits per heavy atom. The van der Waals surface area contributed by atoms with E-state index in [1.54, 1.807) is 17.4 Å². The Morgan fingerprint density at radius 3 is 2.63 bits per heavy atom. The van der Waals surface area contributed by atoms with Gasteiger partial charge in [0.1, 0.15) is 16.2 Å². The first-order valence-electron chi connectivity index (χ1n) is 10.6. The number of fused-ring (bicyclic) bond motifs is 4. The maximum Gasteiger partial charge on any atom is 0.310 e. The fourth-order valence-electron chi connectivity index (χ4n) is 4.66. The van der Waals surface area contributed by atoms with E-state index < -0.39 is 27.1 Å². The van der Waals surface area contributed by atoms with Crippen molar-refractivity contribution < 1.29 is 24.2 Å². The van der Waals surface area contributed by atoms with Crippen LogP contribution in [-0.4, -0.2) is 31.7 Å². The van der Waals surface area contributed by atoms with Crippen LogP contribution in [0.4, 0.5) is 25.2 Å². The third kappa shape index (κ3) is 3.94. The van der Waals surface area contributed by atoms with Crippen molar-refractivity contribution in [3.8, 4) is 0 Å². The molecule has 2 aromatic carbocycles. The summed E-state index contributed by atoms with van der Waals surface area (Å²) in [5.74, 6) is -0.201. The molecule has 1 atom stereocenters. The maximum absolute atomic E-state index is 13.6. The lowest BCUT2D eigenvalue weighted by molar-refractivity contribution is 0.0688. The van der Waals surface area contributed by atoms with Crippen LogP contribution >= 0.6 is 21.8 Å². The molecule has 4 aromatic rings. The van der Waals surface area contributed by atoms with Gasteiger partial charge in [0.2, 0.25) is 0 Å². The molecule has 0 unspecified atom stereocenters. The monoisotopic (exact) mass is 531 g/mol. The van der Waals surface area contributed by atoms with Crippen LogP contribution in [0.5, 0.6) is 0 Å². The molecule has 0 bridgehead atoms. The molecule has 0 fully saturated rings. The number of benzene rings is 2. The van der Waals surface area contributed by atoms with Crippen LogP contribution in [0.3, 0.4) is 0 Å². The van der Waals surface area contributed by atoms with E-state index in [9.17, 15) is 24.2 Å². The molecular formula is C22H19ClF5N5OS. The summed E-state index contributed by atoms with van der Waals surface area (Å²) in [6.45, 7) is 1.95. The van der Waals surface area contributed by atoms with Gasteiger partial charge in [-0.1, -0.05) is 37.1 Å². The number of carbonyl (C=O) groups excluding carboxylic acids is 1. The molecule has 0 radical (unpaired) electrons. The average molecular weight is 532 g/mol. The second kappa shape index (κ2) is 6.97. The van der Waals surface area contributed by atoms with Gasteiger partial charge in [-0.05, 0) is 55.2 Å². The second-order valence-corrected chi connectivity index (χ2v) is 11.3. The molecule has 35 heavy (non-hydrogen) atoms. The van der Waals surface area contributed by atoms with Gasteiger partial charge in [0, 0.05) is 6.54 Å². The number of aromatic nitrogens is 3. The molecule has 6 nitrogen and oxygen atoms in total. The van der Waals surface area contributed by atoms with Crippen molar-refractivity contribution in [1.82, 2.24) is 19.3 Å². The van der Waals surface area contributed by atoms with Crippen molar-refractivity contribution in [2.45, 2.75) is 30.7 Å². The molecule has 2 aromatic heterocycles. The van der Waals surface area contributed by atoms with Crippen molar-refractivity contribution in [2.75, 3.05) is 12.3 Å². The highest BCUT2D eigenvalue weighted by Gasteiger charge is 2.65. The molecule has 5 rings (SSSR count). The predicted octanol–water partition coefficient (Wildman–Crippen LogP) is 6.93. The fourth-order valence-corrected chi connectivity index (χ4v) is 5.59. The van der Waals surface area contributed by atoms with Crippen LogP contribution in [-0.2, 0) is 6.42 Å². The van der Waals surface area contributed by atoms with Crippen LogP contribution in [0.15, 0.2) is 47.8 Å². The molecule has 13 heteroatoms. The Morgan fingerprint density at radius 1 is 1.20 bits per heavy atom. The number of anilines is 1.